The minimum atomic E-state index is -0.200. The molecule has 2 rings (SSSR count). The van der Waals surface area contributed by atoms with Gasteiger partial charge >= 0.3 is 0 Å². The van der Waals surface area contributed by atoms with Crippen molar-refractivity contribution in [1.29, 1.82) is 0 Å². The smallest absolute Gasteiger partial charge is 0.129 e. The largest absolute Gasteiger partial charge is 0.462 e. The van der Waals surface area contributed by atoms with E-state index in [1.165, 1.54) is 0 Å². The molecule has 1 heterocycles. The van der Waals surface area contributed by atoms with Crippen LogP contribution < -0.4 is 5.32 Å². The van der Waals surface area contributed by atoms with E-state index in [4.69, 9.17) is 9.15 Å². The average Bonchev–Trinajstić information content (AvgIpc) is 2.88. The van der Waals surface area contributed by atoms with E-state index in [0.717, 1.165) is 23.6 Å². The number of nitrogens with one attached hydrogen (secondary N) is 1. The van der Waals surface area contributed by atoms with Gasteiger partial charge in [0.2, 0.25) is 0 Å². The molecule has 0 bridgehead atoms. The lowest BCUT2D eigenvalue weighted by Gasteiger charge is -2.16. The highest BCUT2D eigenvalue weighted by molar-refractivity contribution is 5.31. The Bertz CT molecular complexity index is 565. The summed E-state index contributed by atoms with van der Waals surface area (Å²) < 4.78 is 24.5. The van der Waals surface area contributed by atoms with Crippen LogP contribution in [0.3, 0.4) is 0 Å². The van der Waals surface area contributed by atoms with Gasteiger partial charge in [-0.3, -0.25) is 0 Å². The zero-order chi connectivity index (χ0) is 14.5. The maximum Gasteiger partial charge on any atom is 0.129 e. The van der Waals surface area contributed by atoms with E-state index in [0.29, 0.717) is 12.2 Å². The zero-order valence-corrected chi connectivity index (χ0v) is 12.1. The third-order valence-corrected chi connectivity index (χ3v) is 3.19. The summed E-state index contributed by atoms with van der Waals surface area (Å²) in [5, 5.41) is 3.32. The van der Waals surface area contributed by atoms with Crippen LogP contribution in [0.5, 0.6) is 0 Å². The Morgan fingerprint density at radius 1 is 1.30 bits per heavy atom. The number of benzene rings is 1. The van der Waals surface area contributed by atoms with Crippen LogP contribution >= 0.6 is 0 Å². The third-order valence-electron chi connectivity index (χ3n) is 3.19. The van der Waals surface area contributed by atoms with E-state index in [1.54, 1.807) is 26.2 Å². The number of methoxy groups -OCH3 is 1. The van der Waals surface area contributed by atoms with E-state index in [1.807, 2.05) is 25.1 Å². The summed E-state index contributed by atoms with van der Waals surface area (Å²) in [6.07, 6.45) is 0. The minimum absolute atomic E-state index is 0.152. The fourth-order valence-corrected chi connectivity index (χ4v) is 2.14. The Morgan fingerprint density at radius 2 is 2.10 bits per heavy atom. The van der Waals surface area contributed by atoms with Gasteiger partial charge in [-0.25, -0.2) is 4.39 Å². The Morgan fingerprint density at radius 3 is 2.75 bits per heavy atom. The molecule has 0 amide bonds. The summed E-state index contributed by atoms with van der Waals surface area (Å²) in [5.41, 5.74) is 1.50. The molecule has 1 aromatic heterocycles. The molecule has 0 saturated carbocycles. The predicted octanol–water partition coefficient (Wildman–Crippen LogP) is 3.57. The summed E-state index contributed by atoms with van der Waals surface area (Å²) >= 11 is 0. The van der Waals surface area contributed by atoms with Crippen LogP contribution in [0.25, 0.3) is 0 Å². The minimum Gasteiger partial charge on any atom is -0.462 e. The molecule has 0 aliphatic rings. The van der Waals surface area contributed by atoms with Crippen molar-refractivity contribution in [3.05, 3.63) is 58.8 Å². The Labute approximate surface area is 118 Å². The fourth-order valence-electron chi connectivity index (χ4n) is 2.14. The van der Waals surface area contributed by atoms with Gasteiger partial charge in [-0.15, -0.1) is 0 Å². The number of ether oxygens (including phenoxy) is 1. The second-order valence-corrected chi connectivity index (χ2v) is 4.74. The van der Waals surface area contributed by atoms with Crippen molar-refractivity contribution in [3.8, 4) is 0 Å². The molecule has 108 valence electrons. The van der Waals surface area contributed by atoms with Crippen LogP contribution in [-0.4, -0.2) is 13.7 Å². The molecule has 0 spiro atoms. The SMILES string of the molecule is CCNC(c1ccc(C)c(F)c1)c1ccc(COC)o1. The Hall–Kier alpha value is -1.65. The van der Waals surface area contributed by atoms with Gasteiger partial charge in [0.05, 0.1) is 6.04 Å². The fraction of sp³-hybridized carbons (Fsp3) is 0.375. The van der Waals surface area contributed by atoms with Crippen LogP contribution in [0.15, 0.2) is 34.7 Å². The highest BCUT2D eigenvalue weighted by atomic mass is 19.1. The Kier molecular flexibility index (Phi) is 4.93. The van der Waals surface area contributed by atoms with Crippen molar-refractivity contribution in [1.82, 2.24) is 5.32 Å². The average molecular weight is 277 g/mol. The van der Waals surface area contributed by atoms with Gasteiger partial charge in [-0.05, 0) is 42.8 Å². The van der Waals surface area contributed by atoms with Crippen molar-refractivity contribution in [2.75, 3.05) is 13.7 Å². The van der Waals surface area contributed by atoms with Crippen LogP contribution in [0, 0.1) is 12.7 Å². The third kappa shape index (κ3) is 3.26. The molecular formula is C16H20FNO2. The lowest BCUT2D eigenvalue weighted by Crippen LogP contribution is -2.21. The van der Waals surface area contributed by atoms with Crippen molar-refractivity contribution >= 4 is 0 Å². The van der Waals surface area contributed by atoms with Crippen LogP contribution in [0.4, 0.5) is 4.39 Å². The summed E-state index contributed by atoms with van der Waals surface area (Å²) in [4.78, 5) is 0. The van der Waals surface area contributed by atoms with E-state index in [2.05, 4.69) is 5.32 Å². The summed E-state index contributed by atoms with van der Waals surface area (Å²) in [6, 6.07) is 8.90. The second-order valence-electron chi connectivity index (χ2n) is 4.74. The number of aryl methyl sites for hydroxylation is 1. The van der Waals surface area contributed by atoms with Gasteiger partial charge in [0.25, 0.3) is 0 Å². The van der Waals surface area contributed by atoms with E-state index in [9.17, 15) is 4.39 Å². The monoisotopic (exact) mass is 277 g/mol. The number of hydrogen-bond acceptors (Lipinski definition) is 3. The molecule has 0 fully saturated rings. The van der Waals surface area contributed by atoms with Crippen molar-refractivity contribution in [3.63, 3.8) is 0 Å². The van der Waals surface area contributed by atoms with Gasteiger partial charge in [0, 0.05) is 7.11 Å². The zero-order valence-electron chi connectivity index (χ0n) is 12.1. The number of hydrogen-bond donors (Lipinski definition) is 1. The van der Waals surface area contributed by atoms with Crippen LogP contribution in [0.1, 0.15) is 35.6 Å². The quantitative estimate of drug-likeness (QED) is 0.876. The first kappa shape index (κ1) is 14.8. The van der Waals surface area contributed by atoms with E-state index in [-0.39, 0.29) is 11.9 Å². The predicted molar refractivity (Wildman–Crippen MR) is 76.1 cm³/mol. The summed E-state index contributed by atoms with van der Waals surface area (Å²) in [6.45, 7) is 4.96. The first-order chi connectivity index (χ1) is 9.65. The molecule has 0 aliphatic heterocycles. The maximum atomic E-state index is 13.7. The first-order valence-electron chi connectivity index (χ1n) is 6.72. The molecule has 3 nitrogen and oxygen atoms in total. The number of rotatable bonds is 6. The standard InChI is InChI=1S/C16H20FNO2/c1-4-18-16(12-6-5-11(2)14(17)9-12)15-8-7-13(20-15)10-19-3/h5-9,16,18H,4,10H2,1-3H3. The normalized spacial score (nSPS) is 12.6. The molecular weight excluding hydrogens is 257 g/mol. The second kappa shape index (κ2) is 6.68. The van der Waals surface area contributed by atoms with Crippen molar-refractivity contribution < 1.29 is 13.5 Å². The molecule has 1 aromatic carbocycles. The van der Waals surface area contributed by atoms with Gasteiger partial charge in [0.15, 0.2) is 0 Å². The van der Waals surface area contributed by atoms with Crippen molar-refractivity contribution in [2.45, 2.75) is 26.5 Å². The molecule has 0 aliphatic carbocycles. The van der Waals surface area contributed by atoms with Gasteiger partial charge in [-0.1, -0.05) is 19.1 Å². The summed E-state index contributed by atoms with van der Waals surface area (Å²) in [7, 11) is 1.62. The number of furan rings is 1. The number of halogens is 1. The van der Waals surface area contributed by atoms with Gasteiger partial charge in [0.1, 0.15) is 23.9 Å². The lowest BCUT2D eigenvalue weighted by atomic mass is 10.0. The Balaban J connectivity index is 2.31. The van der Waals surface area contributed by atoms with E-state index < -0.39 is 0 Å². The highest BCUT2D eigenvalue weighted by Gasteiger charge is 2.18. The first-order valence-corrected chi connectivity index (χ1v) is 6.72. The summed E-state index contributed by atoms with van der Waals surface area (Å²) in [5.74, 6) is 1.33. The molecule has 1 atom stereocenters. The molecule has 1 unspecified atom stereocenters. The van der Waals surface area contributed by atoms with Gasteiger partial charge < -0.3 is 14.5 Å². The van der Waals surface area contributed by atoms with E-state index >= 15 is 0 Å². The van der Waals surface area contributed by atoms with Crippen LogP contribution in [-0.2, 0) is 11.3 Å². The molecule has 4 heteroatoms. The van der Waals surface area contributed by atoms with Gasteiger partial charge in [-0.2, -0.15) is 0 Å². The molecule has 0 radical (unpaired) electrons. The van der Waals surface area contributed by atoms with Crippen LogP contribution in [0.2, 0.25) is 0 Å². The topological polar surface area (TPSA) is 34.4 Å². The molecule has 1 N–H and O–H groups in total. The molecule has 0 saturated heterocycles. The molecule has 2 aromatic rings. The highest BCUT2D eigenvalue weighted by Crippen LogP contribution is 2.25. The molecule has 20 heavy (non-hydrogen) atoms. The lowest BCUT2D eigenvalue weighted by molar-refractivity contribution is 0.162. The van der Waals surface area contributed by atoms with Crippen molar-refractivity contribution in [2.24, 2.45) is 0 Å². The maximum absolute atomic E-state index is 13.7.